The van der Waals surface area contributed by atoms with Gasteiger partial charge in [0.2, 0.25) is 0 Å². The van der Waals surface area contributed by atoms with Gasteiger partial charge in [-0.1, -0.05) is 17.7 Å². The van der Waals surface area contributed by atoms with Crippen LogP contribution in [0, 0.1) is 0 Å². The van der Waals surface area contributed by atoms with E-state index >= 15 is 0 Å². The molecule has 0 saturated carbocycles. The number of rotatable bonds is 6. The van der Waals surface area contributed by atoms with Crippen molar-refractivity contribution in [2.75, 3.05) is 5.32 Å². The van der Waals surface area contributed by atoms with Gasteiger partial charge in [0.1, 0.15) is 11.6 Å². The van der Waals surface area contributed by atoms with Crippen molar-refractivity contribution in [1.29, 1.82) is 0 Å². The van der Waals surface area contributed by atoms with Crippen LogP contribution in [0.1, 0.15) is 44.5 Å². The van der Waals surface area contributed by atoms with Crippen LogP contribution in [0.2, 0.25) is 0 Å². The summed E-state index contributed by atoms with van der Waals surface area (Å²) in [5.41, 5.74) is 0.874. The largest absolute Gasteiger partial charge is 0.480 e. The number of carboxylic acids is 1. The Kier molecular flexibility index (Phi) is 5.74. The second-order valence-corrected chi connectivity index (χ2v) is 6.24. The van der Waals surface area contributed by atoms with Crippen LogP contribution in [-0.4, -0.2) is 28.7 Å². The van der Waals surface area contributed by atoms with Crippen LogP contribution < -0.4 is 5.32 Å². The topological polar surface area (TPSA) is 75.6 Å². The first kappa shape index (κ1) is 17.8. The van der Waals surface area contributed by atoms with E-state index in [1.165, 1.54) is 0 Å². The number of hydrogen-bond acceptors (Lipinski definition) is 4. The maximum Gasteiger partial charge on any atom is 0.340 e. The Hall–Kier alpha value is -2.30. The van der Waals surface area contributed by atoms with Crippen molar-refractivity contribution in [3.05, 3.63) is 42.0 Å². The lowest BCUT2D eigenvalue weighted by Crippen LogP contribution is -2.31. The lowest BCUT2D eigenvalue weighted by Gasteiger charge is -2.22. The minimum Gasteiger partial charge on any atom is -0.480 e. The van der Waals surface area contributed by atoms with Crippen molar-refractivity contribution in [3.63, 3.8) is 0 Å². The van der Waals surface area contributed by atoms with Gasteiger partial charge in [0, 0.05) is 5.69 Å². The van der Waals surface area contributed by atoms with Crippen molar-refractivity contribution in [3.8, 4) is 0 Å². The lowest BCUT2D eigenvalue weighted by molar-refractivity contribution is -0.137. The summed E-state index contributed by atoms with van der Waals surface area (Å²) in [5, 5.41) is 12.2. The van der Waals surface area contributed by atoms with Crippen LogP contribution in [-0.2, 0) is 9.53 Å². The molecule has 22 heavy (non-hydrogen) atoms. The number of esters is 1. The van der Waals surface area contributed by atoms with Gasteiger partial charge in [-0.25, -0.2) is 9.59 Å². The third-order valence-electron chi connectivity index (χ3n) is 2.73. The van der Waals surface area contributed by atoms with E-state index in [0.29, 0.717) is 11.3 Å². The summed E-state index contributed by atoms with van der Waals surface area (Å²) in [4.78, 5) is 23.6. The van der Waals surface area contributed by atoms with E-state index in [-0.39, 0.29) is 6.42 Å². The van der Waals surface area contributed by atoms with Crippen molar-refractivity contribution in [2.45, 2.75) is 45.8 Å². The molecule has 1 rings (SSSR count). The molecule has 1 aromatic rings. The summed E-state index contributed by atoms with van der Waals surface area (Å²) in [6.07, 6.45) is 0.276. The maximum absolute atomic E-state index is 12.2. The van der Waals surface area contributed by atoms with Crippen LogP contribution in [0.25, 0.3) is 0 Å². The molecule has 5 heteroatoms. The summed E-state index contributed by atoms with van der Waals surface area (Å²) in [5.74, 6) is -1.49. The third kappa shape index (κ3) is 5.60. The second kappa shape index (κ2) is 7.11. The van der Waals surface area contributed by atoms with E-state index in [2.05, 4.69) is 11.9 Å². The van der Waals surface area contributed by atoms with Gasteiger partial charge in [0.05, 0.1) is 5.56 Å². The van der Waals surface area contributed by atoms with E-state index in [9.17, 15) is 14.7 Å². The van der Waals surface area contributed by atoms with E-state index in [0.717, 1.165) is 5.57 Å². The normalized spacial score (nSPS) is 12.4. The van der Waals surface area contributed by atoms with Gasteiger partial charge >= 0.3 is 11.9 Å². The average Bonchev–Trinajstić information content (AvgIpc) is 2.35. The molecule has 1 unspecified atom stereocenters. The fraction of sp³-hybridized carbons (Fsp3) is 0.412. The Bertz CT molecular complexity index is 572. The molecule has 0 aliphatic heterocycles. The number of nitrogens with one attached hydrogen (secondary N) is 1. The van der Waals surface area contributed by atoms with Gasteiger partial charge in [0.25, 0.3) is 0 Å². The molecular formula is C17H23NO4. The number of carboxylic acid groups (broad SMARTS) is 1. The Morgan fingerprint density at radius 2 is 1.91 bits per heavy atom. The second-order valence-electron chi connectivity index (χ2n) is 6.24. The predicted octanol–water partition coefficient (Wildman–Crippen LogP) is 3.47. The minimum atomic E-state index is -0.998. The van der Waals surface area contributed by atoms with Crippen molar-refractivity contribution >= 4 is 17.6 Å². The highest BCUT2D eigenvalue weighted by molar-refractivity contribution is 5.96. The number of hydrogen-bond donors (Lipinski definition) is 2. The molecule has 2 N–H and O–H groups in total. The smallest absolute Gasteiger partial charge is 0.340 e. The molecule has 0 spiro atoms. The van der Waals surface area contributed by atoms with Crippen molar-refractivity contribution in [1.82, 2.24) is 0 Å². The molecule has 0 amide bonds. The van der Waals surface area contributed by atoms with E-state index in [1.54, 1.807) is 52.0 Å². The van der Waals surface area contributed by atoms with Crippen molar-refractivity contribution < 1.29 is 19.4 Å². The first-order chi connectivity index (χ1) is 10.1. The summed E-state index contributed by atoms with van der Waals surface area (Å²) in [6.45, 7) is 10.8. The molecule has 0 aliphatic carbocycles. The highest BCUT2D eigenvalue weighted by atomic mass is 16.6. The lowest BCUT2D eigenvalue weighted by atomic mass is 10.1. The van der Waals surface area contributed by atoms with Crippen LogP contribution in [0.4, 0.5) is 5.69 Å². The quantitative estimate of drug-likeness (QED) is 0.621. The Balaban J connectivity index is 3.02. The van der Waals surface area contributed by atoms with Crippen LogP contribution >= 0.6 is 0 Å². The molecule has 5 nitrogen and oxygen atoms in total. The molecular weight excluding hydrogens is 282 g/mol. The average molecular weight is 305 g/mol. The number of anilines is 1. The number of carbonyl (C=O) groups excluding carboxylic acids is 1. The molecule has 0 bridgehead atoms. The molecule has 0 fully saturated rings. The van der Waals surface area contributed by atoms with Crippen LogP contribution in [0.5, 0.6) is 0 Å². The highest BCUT2D eigenvalue weighted by Crippen LogP contribution is 2.21. The number of para-hydroxylation sites is 1. The van der Waals surface area contributed by atoms with Gasteiger partial charge in [-0.05, 0) is 46.2 Å². The fourth-order valence-corrected chi connectivity index (χ4v) is 1.86. The summed E-state index contributed by atoms with van der Waals surface area (Å²) in [6, 6.07) is 5.86. The molecule has 0 heterocycles. The maximum atomic E-state index is 12.2. The van der Waals surface area contributed by atoms with Crippen LogP contribution in [0.15, 0.2) is 36.4 Å². The molecule has 0 aromatic heterocycles. The Labute approximate surface area is 131 Å². The Morgan fingerprint density at radius 1 is 1.32 bits per heavy atom. The monoisotopic (exact) mass is 305 g/mol. The first-order valence-electron chi connectivity index (χ1n) is 7.06. The van der Waals surface area contributed by atoms with Gasteiger partial charge in [-0.3, -0.25) is 0 Å². The standard InChI is InChI=1S/C17H23NO4/c1-11(2)10-14(15(19)20)18-13-9-7-6-8-12(13)16(21)22-17(3,4)5/h6-9,14,18H,1,10H2,2-5H3,(H,19,20). The zero-order valence-electron chi connectivity index (χ0n) is 13.5. The number of ether oxygens (including phenoxy) is 1. The number of aliphatic carboxylic acids is 1. The van der Waals surface area contributed by atoms with Gasteiger partial charge in [-0.2, -0.15) is 0 Å². The van der Waals surface area contributed by atoms with E-state index < -0.39 is 23.6 Å². The first-order valence-corrected chi connectivity index (χ1v) is 7.06. The summed E-state index contributed by atoms with van der Waals surface area (Å²) < 4.78 is 5.34. The molecule has 1 aromatic carbocycles. The SMILES string of the molecule is C=C(C)CC(Nc1ccccc1C(=O)OC(C)(C)C)C(=O)O. The molecule has 0 saturated heterocycles. The Morgan fingerprint density at radius 3 is 2.41 bits per heavy atom. The van der Waals surface area contributed by atoms with Gasteiger partial charge < -0.3 is 15.2 Å². The molecule has 1 atom stereocenters. The number of carbonyl (C=O) groups is 2. The summed E-state index contributed by atoms with van der Waals surface area (Å²) >= 11 is 0. The predicted molar refractivity (Wildman–Crippen MR) is 86.1 cm³/mol. The third-order valence-corrected chi connectivity index (χ3v) is 2.73. The molecule has 0 radical (unpaired) electrons. The minimum absolute atomic E-state index is 0.276. The van der Waals surface area contributed by atoms with Gasteiger partial charge in [-0.15, -0.1) is 6.58 Å². The summed E-state index contributed by atoms with van der Waals surface area (Å²) in [7, 11) is 0. The number of benzene rings is 1. The fourth-order valence-electron chi connectivity index (χ4n) is 1.86. The highest BCUT2D eigenvalue weighted by Gasteiger charge is 2.23. The molecule has 120 valence electrons. The van der Waals surface area contributed by atoms with E-state index in [4.69, 9.17) is 4.74 Å². The zero-order valence-corrected chi connectivity index (χ0v) is 13.5. The van der Waals surface area contributed by atoms with Crippen LogP contribution in [0.3, 0.4) is 0 Å². The van der Waals surface area contributed by atoms with E-state index in [1.807, 2.05) is 0 Å². The van der Waals surface area contributed by atoms with Gasteiger partial charge in [0.15, 0.2) is 0 Å². The zero-order chi connectivity index (χ0) is 16.9. The van der Waals surface area contributed by atoms with Crippen molar-refractivity contribution in [2.24, 2.45) is 0 Å². The molecule has 0 aliphatic rings.